The molecule has 3 nitrogen and oxygen atoms in total. The molecule has 0 aromatic rings. The molecule has 1 aliphatic carbocycles. The van der Waals surface area contributed by atoms with Gasteiger partial charge in [0.15, 0.2) is 0 Å². The van der Waals surface area contributed by atoms with Gasteiger partial charge in [0.2, 0.25) is 0 Å². The first-order valence-corrected chi connectivity index (χ1v) is 8.26. The van der Waals surface area contributed by atoms with Crippen molar-refractivity contribution in [1.82, 2.24) is 0 Å². The van der Waals surface area contributed by atoms with Crippen molar-refractivity contribution in [2.24, 2.45) is 5.92 Å². The topological polar surface area (TPSA) is 31.0 Å². The van der Waals surface area contributed by atoms with Gasteiger partial charge in [-0.3, -0.25) is 0 Å². The monoisotopic (exact) mass is 230 g/mol. The highest BCUT2D eigenvalue weighted by atomic mass is 28.4. The van der Waals surface area contributed by atoms with Gasteiger partial charge in [-0.15, -0.1) is 0 Å². The molecular formula is C11H22O3Si. The second-order valence-electron chi connectivity index (χ2n) is 5.00. The van der Waals surface area contributed by atoms with Gasteiger partial charge in [0.1, 0.15) is 0 Å². The Kier molecular flexibility index (Phi) is 3.21. The molecule has 1 aliphatic heterocycles. The van der Waals surface area contributed by atoms with Gasteiger partial charge < -0.3 is 13.6 Å². The van der Waals surface area contributed by atoms with Gasteiger partial charge >= 0.3 is 8.56 Å². The van der Waals surface area contributed by atoms with Crippen molar-refractivity contribution >= 4 is 8.56 Å². The second-order valence-corrected chi connectivity index (χ2v) is 8.76. The van der Waals surface area contributed by atoms with Crippen LogP contribution in [0.15, 0.2) is 0 Å². The van der Waals surface area contributed by atoms with Crippen molar-refractivity contribution in [3.63, 3.8) is 0 Å². The van der Waals surface area contributed by atoms with Gasteiger partial charge in [0.05, 0.1) is 12.2 Å². The van der Waals surface area contributed by atoms with Crippen LogP contribution in [-0.2, 0) is 13.6 Å². The average molecular weight is 230 g/mol. The molecule has 4 atom stereocenters. The maximum absolute atomic E-state index is 5.63. The average Bonchev–Trinajstić information content (AvgIpc) is 3.04. The SMILES string of the molecule is CO[Si](C)(OC)C(C)C1CCC2OC2C1. The van der Waals surface area contributed by atoms with Crippen LogP contribution in [0.3, 0.4) is 0 Å². The van der Waals surface area contributed by atoms with Gasteiger partial charge in [-0.1, -0.05) is 6.92 Å². The number of hydrogen-bond acceptors (Lipinski definition) is 3. The zero-order valence-electron chi connectivity index (χ0n) is 10.2. The molecule has 1 saturated heterocycles. The minimum atomic E-state index is -1.95. The second kappa shape index (κ2) is 4.16. The molecular weight excluding hydrogens is 208 g/mol. The fourth-order valence-corrected chi connectivity index (χ4v) is 4.84. The van der Waals surface area contributed by atoms with Crippen LogP contribution in [0.2, 0.25) is 12.1 Å². The van der Waals surface area contributed by atoms with Gasteiger partial charge in [-0.2, -0.15) is 0 Å². The summed E-state index contributed by atoms with van der Waals surface area (Å²) in [6.07, 6.45) is 4.86. The lowest BCUT2D eigenvalue weighted by molar-refractivity contribution is 0.214. The molecule has 1 saturated carbocycles. The minimum absolute atomic E-state index is 0.553. The van der Waals surface area contributed by atoms with Gasteiger partial charge in [-0.25, -0.2) is 0 Å². The van der Waals surface area contributed by atoms with Crippen LogP contribution in [-0.4, -0.2) is 35.0 Å². The molecule has 2 rings (SSSR count). The third kappa shape index (κ3) is 2.13. The van der Waals surface area contributed by atoms with Crippen molar-refractivity contribution in [3.8, 4) is 0 Å². The summed E-state index contributed by atoms with van der Waals surface area (Å²) in [6.45, 7) is 4.45. The van der Waals surface area contributed by atoms with E-state index in [0.29, 0.717) is 17.7 Å². The summed E-state index contributed by atoms with van der Waals surface area (Å²) in [5.74, 6) is 0.727. The number of fused-ring (bicyclic) bond motifs is 1. The molecule has 0 aromatic heterocycles. The number of ether oxygens (including phenoxy) is 1. The van der Waals surface area contributed by atoms with E-state index in [1.54, 1.807) is 14.2 Å². The summed E-state index contributed by atoms with van der Waals surface area (Å²) in [7, 11) is 1.61. The summed E-state index contributed by atoms with van der Waals surface area (Å²) in [5, 5.41) is 0. The molecule has 88 valence electrons. The van der Waals surface area contributed by atoms with Crippen LogP contribution in [0, 0.1) is 5.92 Å². The predicted molar refractivity (Wildman–Crippen MR) is 61.1 cm³/mol. The van der Waals surface area contributed by atoms with E-state index in [0.717, 1.165) is 5.92 Å². The number of rotatable bonds is 4. The Morgan fingerprint density at radius 2 is 1.87 bits per heavy atom. The Hall–Kier alpha value is 0.0969. The molecule has 4 heteroatoms. The van der Waals surface area contributed by atoms with Crippen LogP contribution in [0.5, 0.6) is 0 Å². The van der Waals surface area contributed by atoms with E-state index in [1.165, 1.54) is 19.3 Å². The molecule has 0 aromatic carbocycles. The normalized spacial score (nSPS) is 37.2. The predicted octanol–water partition coefficient (Wildman–Crippen LogP) is 2.31. The van der Waals surface area contributed by atoms with Gasteiger partial charge in [0.25, 0.3) is 0 Å². The van der Waals surface area contributed by atoms with Crippen LogP contribution >= 0.6 is 0 Å². The Morgan fingerprint density at radius 1 is 1.20 bits per heavy atom. The lowest BCUT2D eigenvalue weighted by Gasteiger charge is -2.35. The first-order chi connectivity index (χ1) is 7.10. The molecule has 0 amide bonds. The lowest BCUT2D eigenvalue weighted by atomic mass is 9.87. The summed E-state index contributed by atoms with van der Waals surface area (Å²) in [6, 6.07) is 0. The maximum Gasteiger partial charge on any atom is 0.337 e. The zero-order valence-corrected chi connectivity index (χ0v) is 11.2. The molecule has 0 radical (unpaired) electrons. The lowest BCUT2D eigenvalue weighted by Crippen LogP contribution is -2.44. The first kappa shape index (κ1) is 11.6. The standard InChI is InChI=1S/C11H22O3Si/c1-8(15(4,12-2)13-3)9-5-6-10-11(7-9)14-10/h8-11H,5-7H2,1-4H3. The van der Waals surface area contributed by atoms with Crippen LogP contribution in [0.1, 0.15) is 26.2 Å². The number of epoxide rings is 1. The molecule has 1 heterocycles. The maximum atomic E-state index is 5.63. The first-order valence-electron chi connectivity index (χ1n) is 5.86. The van der Waals surface area contributed by atoms with Crippen molar-refractivity contribution in [2.75, 3.05) is 14.2 Å². The molecule has 0 spiro atoms. The van der Waals surface area contributed by atoms with Crippen molar-refractivity contribution < 1.29 is 13.6 Å². The fourth-order valence-electron chi connectivity index (χ4n) is 2.77. The van der Waals surface area contributed by atoms with E-state index in [-0.39, 0.29) is 0 Å². The summed E-state index contributed by atoms with van der Waals surface area (Å²) in [4.78, 5) is 0. The van der Waals surface area contributed by atoms with Gasteiger partial charge in [0, 0.05) is 19.8 Å². The van der Waals surface area contributed by atoms with Gasteiger partial charge in [-0.05, 0) is 31.7 Å². The summed E-state index contributed by atoms with van der Waals surface area (Å²) in [5.41, 5.74) is 0.553. The molecule has 4 unspecified atom stereocenters. The Bertz CT molecular complexity index is 230. The summed E-state index contributed by atoms with van der Waals surface area (Å²) >= 11 is 0. The summed E-state index contributed by atoms with van der Waals surface area (Å²) < 4.78 is 16.8. The van der Waals surface area contributed by atoms with Crippen molar-refractivity contribution in [3.05, 3.63) is 0 Å². The van der Waals surface area contributed by atoms with Crippen molar-refractivity contribution in [2.45, 2.75) is 50.5 Å². The van der Waals surface area contributed by atoms with E-state index in [1.807, 2.05) is 0 Å². The fraction of sp³-hybridized carbons (Fsp3) is 1.00. The minimum Gasteiger partial charge on any atom is -0.398 e. The van der Waals surface area contributed by atoms with E-state index < -0.39 is 8.56 Å². The number of hydrogen-bond donors (Lipinski definition) is 0. The molecule has 2 fully saturated rings. The van der Waals surface area contributed by atoms with E-state index in [9.17, 15) is 0 Å². The van der Waals surface area contributed by atoms with Crippen LogP contribution in [0.4, 0.5) is 0 Å². The molecule has 15 heavy (non-hydrogen) atoms. The molecule has 2 aliphatic rings. The third-order valence-corrected chi connectivity index (χ3v) is 8.14. The van der Waals surface area contributed by atoms with E-state index >= 15 is 0 Å². The smallest absolute Gasteiger partial charge is 0.337 e. The molecule has 0 N–H and O–H groups in total. The van der Waals surface area contributed by atoms with Crippen LogP contribution < -0.4 is 0 Å². The largest absolute Gasteiger partial charge is 0.398 e. The highest BCUT2D eigenvalue weighted by molar-refractivity contribution is 6.67. The zero-order chi connectivity index (χ0) is 11.1. The Morgan fingerprint density at radius 3 is 2.40 bits per heavy atom. The van der Waals surface area contributed by atoms with Crippen molar-refractivity contribution in [1.29, 1.82) is 0 Å². The molecule has 0 bridgehead atoms. The van der Waals surface area contributed by atoms with E-state index in [2.05, 4.69) is 13.5 Å². The third-order valence-electron chi connectivity index (χ3n) is 4.39. The van der Waals surface area contributed by atoms with E-state index in [4.69, 9.17) is 13.6 Å². The Labute approximate surface area is 93.3 Å². The Balaban J connectivity index is 1.96. The van der Waals surface area contributed by atoms with Crippen LogP contribution in [0.25, 0.3) is 0 Å². The quantitative estimate of drug-likeness (QED) is 0.548. The highest BCUT2D eigenvalue weighted by Gasteiger charge is 2.49. The highest BCUT2D eigenvalue weighted by Crippen LogP contribution is 2.46.